The minimum atomic E-state index is -3.69. The zero-order chi connectivity index (χ0) is 14.5. The molecule has 19 heavy (non-hydrogen) atoms. The molecule has 0 bridgehead atoms. The third-order valence-corrected chi connectivity index (χ3v) is 5.34. The molecule has 7 heteroatoms. The standard InChI is InChI=1S/C12H24N2O4S/c1-3-10(4-2)9-13-19(17,18)14-8-6-5-7-11(14)12(15)16/h10-11,13H,3-9H2,1-2H3,(H,15,16). The van der Waals surface area contributed by atoms with Gasteiger partial charge in [-0.05, 0) is 25.2 Å². The number of nitrogens with zero attached hydrogens (tertiary/aromatic N) is 1. The first kappa shape index (κ1) is 16.4. The molecule has 0 aromatic rings. The summed E-state index contributed by atoms with van der Waals surface area (Å²) in [5.74, 6) is -0.768. The highest BCUT2D eigenvalue weighted by Crippen LogP contribution is 2.20. The summed E-state index contributed by atoms with van der Waals surface area (Å²) in [5.41, 5.74) is 0. The smallest absolute Gasteiger partial charge is 0.322 e. The fourth-order valence-corrected chi connectivity index (χ4v) is 3.84. The van der Waals surface area contributed by atoms with Gasteiger partial charge in [-0.3, -0.25) is 4.79 Å². The Morgan fingerprint density at radius 3 is 2.53 bits per heavy atom. The fraction of sp³-hybridized carbons (Fsp3) is 0.917. The molecule has 1 heterocycles. The van der Waals surface area contributed by atoms with Gasteiger partial charge < -0.3 is 5.11 Å². The molecule has 0 radical (unpaired) electrons. The van der Waals surface area contributed by atoms with E-state index in [9.17, 15) is 13.2 Å². The predicted molar refractivity (Wildman–Crippen MR) is 73.0 cm³/mol. The lowest BCUT2D eigenvalue weighted by molar-refractivity contribution is -0.142. The van der Waals surface area contributed by atoms with Crippen molar-refractivity contribution in [3.05, 3.63) is 0 Å². The number of hydrogen-bond acceptors (Lipinski definition) is 3. The molecular weight excluding hydrogens is 268 g/mol. The molecule has 1 atom stereocenters. The lowest BCUT2D eigenvalue weighted by atomic mass is 10.0. The van der Waals surface area contributed by atoms with Crippen LogP contribution in [0, 0.1) is 5.92 Å². The lowest BCUT2D eigenvalue weighted by Gasteiger charge is -2.32. The van der Waals surface area contributed by atoms with Crippen LogP contribution in [0.15, 0.2) is 0 Å². The van der Waals surface area contributed by atoms with E-state index in [1.54, 1.807) is 0 Å². The van der Waals surface area contributed by atoms with Gasteiger partial charge >= 0.3 is 5.97 Å². The van der Waals surface area contributed by atoms with Crippen molar-refractivity contribution in [1.82, 2.24) is 9.03 Å². The topological polar surface area (TPSA) is 86.7 Å². The molecule has 0 aliphatic carbocycles. The number of rotatable bonds is 7. The summed E-state index contributed by atoms with van der Waals surface area (Å²) < 4.78 is 28.0. The van der Waals surface area contributed by atoms with Crippen molar-refractivity contribution >= 4 is 16.2 Å². The van der Waals surface area contributed by atoms with Crippen molar-refractivity contribution in [3.63, 3.8) is 0 Å². The molecule has 1 fully saturated rings. The average molecular weight is 292 g/mol. The van der Waals surface area contributed by atoms with Gasteiger partial charge in [0.2, 0.25) is 0 Å². The molecule has 0 amide bonds. The lowest BCUT2D eigenvalue weighted by Crippen LogP contribution is -2.52. The Bertz CT molecular complexity index is 393. The van der Waals surface area contributed by atoms with E-state index < -0.39 is 22.2 Å². The predicted octanol–water partition coefficient (Wildman–Crippen LogP) is 1.20. The van der Waals surface area contributed by atoms with Gasteiger partial charge in [0.15, 0.2) is 0 Å². The molecule has 1 aliphatic heterocycles. The number of hydrogen-bond donors (Lipinski definition) is 2. The van der Waals surface area contributed by atoms with Crippen LogP contribution in [-0.4, -0.2) is 42.9 Å². The van der Waals surface area contributed by atoms with Crippen molar-refractivity contribution in [1.29, 1.82) is 0 Å². The summed E-state index contributed by atoms with van der Waals surface area (Å²) in [5, 5.41) is 9.11. The summed E-state index contributed by atoms with van der Waals surface area (Å²) in [7, 11) is -3.69. The molecule has 0 aromatic carbocycles. The van der Waals surface area contributed by atoms with Crippen LogP contribution >= 0.6 is 0 Å². The second-order valence-corrected chi connectivity index (χ2v) is 6.70. The molecular formula is C12H24N2O4S. The Balaban J connectivity index is 2.71. The van der Waals surface area contributed by atoms with Gasteiger partial charge in [-0.2, -0.15) is 12.7 Å². The van der Waals surface area contributed by atoms with Crippen LogP contribution in [0.2, 0.25) is 0 Å². The van der Waals surface area contributed by atoms with Crippen molar-refractivity contribution in [3.8, 4) is 0 Å². The Hall–Kier alpha value is -0.660. The van der Waals surface area contributed by atoms with Crippen LogP contribution in [0.25, 0.3) is 0 Å². The molecule has 1 saturated heterocycles. The maximum absolute atomic E-state index is 12.2. The Morgan fingerprint density at radius 2 is 2.00 bits per heavy atom. The first-order chi connectivity index (χ1) is 8.92. The number of aliphatic carboxylic acids is 1. The molecule has 6 nitrogen and oxygen atoms in total. The summed E-state index contributed by atoms with van der Waals surface area (Å²) in [6.07, 6.45) is 3.68. The van der Waals surface area contributed by atoms with E-state index in [1.807, 2.05) is 13.8 Å². The Kier molecular flexibility index (Phi) is 6.22. The van der Waals surface area contributed by atoms with E-state index in [4.69, 9.17) is 5.11 Å². The van der Waals surface area contributed by atoms with Crippen LogP contribution in [0.5, 0.6) is 0 Å². The molecule has 0 spiro atoms. The maximum atomic E-state index is 12.2. The monoisotopic (exact) mass is 292 g/mol. The third-order valence-electron chi connectivity index (χ3n) is 3.76. The zero-order valence-corrected chi connectivity index (χ0v) is 12.4. The number of piperidine rings is 1. The second-order valence-electron chi connectivity index (χ2n) is 5.00. The largest absolute Gasteiger partial charge is 0.480 e. The summed E-state index contributed by atoms with van der Waals surface area (Å²) in [4.78, 5) is 11.1. The summed E-state index contributed by atoms with van der Waals surface area (Å²) in [6, 6.07) is -0.923. The van der Waals surface area contributed by atoms with Crippen LogP contribution in [0.3, 0.4) is 0 Å². The SMILES string of the molecule is CCC(CC)CNS(=O)(=O)N1CCCCC1C(=O)O. The zero-order valence-electron chi connectivity index (χ0n) is 11.6. The highest BCUT2D eigenvalue weighted by molar-refractivity contribution is 7.87. The van der Waals surface area contributed by atoms with Crippen molar-refractivity contribution in [2.45, 2.75) is 52.0 Å². The van der Waals surface area contributed by atoms with E-state index in [-0.39, 0.29) is 6.54 Å². The molecule has 1 rings (SSSR count). The second kappa shape index (κ2) is 7.21. The van der Waals surface area contributed by atoms with E-state index >= 15 is 0 Å². The first-order valence-corrected chi connectivity index (χ1v) is 8.35. The maximum Gasteiger partial charge on any atom is 0.322 e. The van der Waals surface area contributed by atoms with Gasteiger partial charge in [0.05, 0.1) is 0 Å². The summed E-state index contributed by atoms with van der Waals surface area (Å²) in [6.45, 7) is 4.69. The Morgan fingerprint density at radius 1 is 1.37 bits per heavy atom. The van der Waals surface area contributed by atoms with Crippen molar-refractivity contribution < 1.29 is 18.3 Å². The van der Waals surface area contributed by atoms with Crippen LogP contribution in [0.4, 0.5) is 0 Å². The molecule has 1 aliphatic rings. The minimum absolute atomic E-state index is 0.287. The van der Waals surface area contributed by atoms with E-state index in [0.29, 0.717) is 18.9 Å². The quantitative estimate of drug-likeness (QED) is 0.738. The Labute approximate surface area is 115 Å². The normalized spacial score (nSPS) is 21.7. The highest BCUT2D eigenvalue weighted by atomic mass is 32.2. The van der Waals surface area contributed by atoms with Gasteiger partial charge in [0, 0.05) is 13.1 Å². The average Bonchev–Trinajstić information content (AvgIpc) is 2.39. The number of nitrogens with one attached hydrogen (secondary N) is 1. The van der Waals surface area contributed by atoms with Gasteiger partial charge in [0.1, 0.15) is 6.04 Å². The first-order valence-electron chi connectivity index (χ1n) is 6.91. The highest BCUT2D eigenvalue weighted by Gasteiger charge is 2.36. The van der Waals surface area contributed by atoms with Gasteiger partial charge in [-0.15, -0.1) is 0 Å². The van der Waals surface area contributed by atoms with E-state index in [1.165, 1.54) is 0 Å². The molecule has 2 N–H and O–H groups in total. The molecule has 112 valence electrons. The van der Waals surface area contributed by atoms with E-state index in [0.717, 1.165) is 30.0 Å². The van der Waals surface area contributed by atoms with Gasteiger partial charge in [-0.25, -0.2) is 4.72 Å². The van der Waals surface area contributed by atoms with Crippen LogP contribution in [0.1, 0.15) is 46.0 Å². The van der Waals surface area contributed by atoms with Crippen LogP contribution < -0.4 is 4.72 Å². The van der Waals surface area contributed by atoms with Crippen molar-refractivity contribution in [2.75, 3.05) is 13.1 Å². The number of carbonyl (C=O) groups is 1. The fourth-order valence-electron chi connectivity index (χ4n) is 2.32. The van der Waals surface area contributed by atoms with Crippen LogP contribution in [-0.2, 0) is 15.0 Å². The molecule has 0 aromatic heterocycles. The summed E-state index contributed by atoms with van der Waals surface area (Å²) >= 11 is 0. The van der Waals surface area contributed by atoms with E-state index in [2.05, 4.69) is 4.72 Å². The number of carboxylic acid groups (broad SMARTS) is 1. The van der Waals surface area contributed by atoms with Gasteiger partial charge in [0.25, 0.3) is 10.2 Å². The number of carboxylic acids is 1. The minimum Gasteiger partial charge on any atom is -0.480 e. The molecule has 1 unspecified atom stereocenters. The third kappa shape index (κ3) is 4.43. The molecule has 0 saturated carbocycles. The van der Waals surface area contributed by atoms with Crippen molar-refractivity contribution in [2.24, 2.45) is 5.92 Å². The van der Waals surface area contributed by atoms with Gasteiger partial charge in [-0.1, -0.05) is 26.7 Å².